The molecular weight excluding hydrogens is 302 g/mol. The van der Waals surface area contributed by atoms with Crippen molar-refractivity contribution in [3.63, 3.8) is 0 Å². The molecule has 0 aliphatic carbocycles. The maximum absolute atomic E-state index is 12.6. The topological polar surface area (TPSA) is 113 Å². The van der Waals surface area contributed by atoms with Crippen molar-refractivity contribution in [3.8, 4) is 0 Å². The minimum atomic E-state index is -1.26. The van der Waals surface area contributed by atoms with Crippen LogP contribution in [0, 0.1) is 0 Å². The molecule has 23 heavy (non-hydrogen) atoms. The van der Waals surface area contributed by atoms with Crippen LogP contribution in [0.3, 0.4) is 0 Å². The van der Waals surface area contributed by atoms with Gasteiger partial charge in [0, 0.05) is 6.20 Å². The maximum atomic E-state index is 12.6. The summed E-state index contributed by atoms with van der Waals surface area (Å²) in [4.78, 5) is 40.7. The molecule has 8 heteroatoms. The lowest BCUT2D eigenvalue weighted by atomic mass is 9.97. The zero-order chi connectivity index (χ0) is 16.6. The largest absolute Gasteiger partial charge is 0.475 e. The fourth-order valence-corrected chi connectivity index (χ4v) is 2.41. The number of amides is 3. The lowest BCUT2D eigenvalue weighted by molar-refractivity contribution is -0.131. The summed E-state index contributed by atoms with van der Waals surface area (Å²) in [5, 5.41) is 11.4. The number of carboxylic acid groups (broad SMARTS) is 1. The molecule has 1 aliphatic rings. The quantitative estimate of drug-likeness (QED) is 0.823. The third-order valence-corrected chi connectivity index (χ3v) is 3.64. The molecule has 0 saturated carbocycles. The number of hydrogen-bond acceptors (Lipinski definition) is 5. The minimum absolute atomic E-state index is 0.152. The Morgan fingerprint density at radius 3 is 2.74 bits per heavy atom. The summed E-state index contributed by atoms with van der Waals surface area (Å²) in [5.41, 5.74) is -0.841. The molecule has 2 aromatic heterocycles. The average molecular weight is 315 g/mol. The van der Waals surface area contributed by atoms with E-state index in [1.165, 1.54) is 18.3 Å². The van der Waals surface area contributed by atoms with Gasteiger partial charge in [0.05, 0.1) is 12.2 Å². The molecule has 1 atom stereocenters. The van der Waals surface area contributed by atoms with Crippen LogP contribution in [-0.4, -0.2) is 32.9 Å². The van der Waals surface area contributed by atoms with Crippen LogP contribution in [0.4, 0.5) is 4.79 Å². The fourth-order valence-electron chi connectivity index (χ4n) is 2.41. The van der Waals surface area contributed by atoms with E-state index in [-0.39, 0.29) is 18.1 Å². The Balaban J connectivity index is 1.85. The van der Waals surface area contributed by atoms with Gasteiger partial charge in [-0.3, -0.25) is 14.7 Å². The van der Waals surface area contributed by atoms with Crippen molar-refractivity contribution in [1.82, 2.24) is 15.2 Å². The van der Waals surface area contributed by atoms with Crippen LogP contribution in [0.1, 0.15) is 28.9 Å². The van der Waals surface area contributed by atoms with Crippen LogP contribution >= 0.6 is 0 Å². The Hall–Kier alpha value is -3.16. The molecule has 3 amide bonds. The van der Waals surface area contributed by atoms with Gasteiger partial charge >= 0.3 is 12.0 Å². The van der Waals surface area contributed by atoms with Crippen LogP contribution < -0.4 is 5.32 Å². The number of carboxylic acids is 1. The highest BCUT2D eigenvalue weighted by molar-refractivity contribution is 6.06. The number of nitrogens with zero attached hydrogens (tertiary/aromatic N) is 2. The zero-order valence-electron chi connectivity index (χ0n) is 12.1. The zero-order valence-corrected chi connectivity index (χ0v) is 12.1. The number of imide groups is 1. The van der Waals surface area contributed by atoms with Crippen LogP contribution in [0.2, 0.25) is 0 Å². The highest BCUT2D eigenvalue weighted by Gasteiger charge is 2.50. The van der Waals surface area contributed by atoms with Gasteiger partial charge in [-0.15, -0.1) is 0 Å². The van der Waals surface area contributed by atoms with Crippen LogP contribution in [0.25, 0.3) is 0 Å². The van der Waals surface area contributed by atoms with Gasteiger partial charge in [-0.1, -0.05) is 6.07 Å². The summed E-state index contributed by atoms with van der Waals surface area (Å²) < 4.78 is 5.09. The van der Waals surface area contributed by atoms with Gasteiger partial charge in [0.15, 0.2) is 5.54 Å². The Kier molecular flexibility index (Phi) is 3.36. The number of pyridine rings is 1. The molecule has 0 spiro atoms. The van der Waals surface area contributed by atoms with Gasteiger partial charge in [-0.05, 0) is 31.2 Å². The molecular formula is C15H13N3O5. The van der Waals surface area contributed by atoms with Crippen molar-refractivity contribution in [2.75, 3.05) is 0 Å². The Labute approximate surface area is 130 Å². The summed E-state index contributed by atoms with van der Waals surface area (Å²) in [6, 6.07) is 7.19. The predicted molar refractivity (Wildman–Crippen MR) is 76.3 cm³/mol. The molecule has 3 heterocycles. The Bertz CT molecular complexity index is 785. The average Bonchev–Trinajstić information content (AvgIpc) is 3.08. The third-order valence-electron chi connectivity index (χ3n) is 3.64. The van der Waals surface area contributed by atoms with E-state index >= 15 is 0 Å². The summed E-state index contributed by atoms with van der Waals surface area (Å²) in [6.45, 7) is 1.42. The summed E-state index contributed by atoms with van der Waals surface area (Å²) in [6.07, 6.45) is 1.54. The Morgan fingerprint density at radius 2 is 2.13 bits per heavy atom. The van der Waals surface area contributed by atoms with E-state index < -0.39 is 23.4 Å². The van der Waals surface area contributed by atoms with Gasteiger partial charge in [0.25, 0.3) is 5.91 Å². The lowest BCUT2D eigenvalue weighted by Gasteiger charge is -2.20. The maximum Gasteiger partial charge on any atom is 0.371 e. The first-order valence-corrected chi connectivity index (χ1v) is 6.79. The smallest absolute Gasteiger partial charge is 0.371 e. The number of furan rings is 1. The molecule has 1 saturated heterocycles. The number of urea groups is 1. The first-order chi connectivity index (χ1) is 10.9. The second-order valence-corrected chi connectivity index (χ2v) is 5.23. The first kappa shape index (κ1) is 14.8. The molecule has 1 fully saturated rings. The van der Waals surface area contributed by atoms with E-state index in [1.54, 1.807) is 25.1 Å². The SMILES string of the molecule is CC1(c2ccccn2)NC(=O)N(Cc2ccc(C(=O)O)o2)C1=O. The van der Waals surface area contributed by atoms with Crippen molar-refractivity contribution in [1.29, 1.82) is 0 Å². The number of aromatic nitrogens is 1. The van der Waals surface area contributed by atoms with Crippen molar-refractivity contribution >= 4 is 17.9 Å². The van der Waals surface area contributed by atoms with Gasteiger partial charge < -0.3 is 14.8 Å². The standard InChI is InChI=1S/C15H13N3O5/c1-15(11-4-2-3-7-16-11)13(21)18(14(22)17-15)8-9-5-6-10(23-9)12(19)20/h2-7H,8H2,1H3,(H,17,22)(H,19,20). The van der Waals surface area contributed by atoms with E-state index in [9.17, 15) is 14.4 Å². The molecule has 0 bridgehead atoms. The molecule has 1 unspecified atom stereocenters. The second kappa shape index (κ2) is 5.24. The van der Waals surface area contributed by atoms with Crippen molar-refractivity contribution < 1.29 is 23.9 Å². The summed E-state index contributed by atoms with van der Waals surface area (Å²) >= 11 is 0. The summed E-state index contributed by atoms with van der Waals surface area (Å²) in [7, 11) is 0. The summed E-state index contributed by atoms with van der Waals surface area (Å²) in [5.74, 6) is -1.74. The Morgan fingerprint density at radius 1 is 1.35 bits per heavy atom. The van der Waals surface area contributed by atoms with Gasteiger partial charge in [-0.2, -0.15) is 0 Å². The van der Waals surface area contributed by atoms with Crippen LogP contribution in [0.5, 0.6) is 0 Å². The fraction of sp³-hybridized carbons (Fsp3) is 0.200. The lowest BCUT2D eigenvalue weighted by Crippen LogP contribution is -2.41. The van der Waals surface area contributed by atoms with Gasteiger partial charge in [0.1, 0.15) is 5.76 Å². The van der Waals surface area contributed by atoms with Crippen molar-refractivity contribution in [3.05, 3.63) is 53.7 Å². The molecule has 2 N–H and O–H groups in total. The van der Waals surface area contributed by atoms with Crippen LogP contribution in [-0.2, 0) is 16.9 Å². The second-order valence-electron chi connectivity index (χ2n) is 5.23. The molecule has 118 valence electrons. The number of carbonyl (C=O) groups excluding carboxylic acids is 2. The number of rotatable bonds is 4. The molecule has 2 aromatic rings. The third kappa shape index (κ3) is 2.44. The van der Waals surface area contributed by atoms with Crippen molar-refractivity contribution in [2.45, 2.75) is 19.0 Å². The highest BCUT2D eigenvalue weighted by atomic mass is 16.4. The highest BCUT2D eigenvalue weighted by Crippen LogP contribution is 2.28. The number of nitrogens with one attached hydrogen (secondary N) is 1. The predicted octanol–water partition coefficient (Wildman–Crippen LogP) is 1.34. The van der Waals surface area contributed by atoms with E-state index in [0.29, 0.717) is 5.69 Å². The number of carbonyl (C=O) groups is 3. The molecule has 8 nitrogen and oxygen atoms in total. The van der Waals surface area contributed by atoms with Gasteiger partial charge in [0.2, 0.25) is 5.76 Å². The van der Waals surface area contributed by atoms with E-state index in [0.717, 1.165) is 4.90 Å². The van der Waals surface area contributed by atoms with E-state index in [4.69, 9.17) is 9.52 Å². The first-order valence-electron chi connectivity index (χ1n) is 6.79. The molecule has 0 radical (unpaired) electrons. The van der Waals surface area contributed by atoms with Gasteiger partial charge in [-0.25, -0.2) is 9.59 Å². The number of hydrogen-bond donors (Lipinski definition) is 2. The molecule has 1 aliphatic heterocycles. The monoisotopic (exact) mass is 315 g/mol. The minimum Gasteiger partial charge on any atom is -0.475 e. The van der Waals surface area contributed by atoms with E-state index in [2.05, 4.69) is 10.3 Å². The normalized spacial score (nSPS) is 20.7. The van der Waals surface area contributed by atoms with E-state index in [1.807, 2.05) is 0 Å². The number of aromatic carboxylic acids is 1. The van der Waals surface area contributed by atoms with Crippen molar-refractivity contribution in [2.24, 2.45) is 0 Å². The molecule has 3 rings (SSSR count). The molecule has 0 aromatic carbocycles. The van der Waals surface area contributed by atoms with Crippen LogP contribution in [0.15, 0.2) is 40.9 Å².